The third-order valence-electron chi connectivity index (χ3n) is 3.39. The molecular formula is C16H27NO3S. The largest absolute Gasteiger partial charge is 0.508 e. The molecule has 5 heteroatoms. The molecule has 0 heterocycles. The van der Waals surface area contributed by atoms with Crippen LogP contribution in [0.3, 0.4) is 0 Å². The van der Waals surface area contributed by atoms with Gasteiger partial charge in [-0.05, 0) is 48.9 Å². The molecule has 0 saturated heterocycles. The molecule has 0 fully saturated rings. The summed E-state index contributed by atoms with van der Waals surface area (Å²) >= 11 is 0. The molecule has 0 aliphatic rings. The van der Waals surface area contributed by atoms with Crippen molar-refractivity contribution < 1.29 is 13.5 Å². The summed E-state index contributed by atoms with van der Waals surface area (Å²) in [6.07, 6.45) is 1.69. The topological polar surface area (TPSA) is 57.6 Å². The number of benzene rings is 1. The van der Waals surface area contributed by atoms with Crippen LogP contribution in [0.15, 0.2) is 29.2 Å². The maximum Gasteiger partial charge on any atom is 0.243 e. The van der Waals surface area contributed by atoms with Gasteiger partial charge in [-0.2, -0.15) is 4.31 Å². The first-order valence-electron chi connectivity index (χ1n) is 7.52. The second-order valence-electron chi connectivity index (χ2n) is 6.26. The predicted molar refractivity (Wildman–Crippen MR) is 85.8 cm³/mol. The second-order valence-corrected chi connectivity index (χ2v) is 8.20. The van der Waals surface area contributed by atoms with E-state index in [-0.39, 0.29) is 10.6 Å². The standard InChI is InChI=1S/C16H27NO3S/c1-13(2)9-11-17(12-10-14(3)4)21(19,20)16-7-5-15(18)6-8-16/h5-8,13-14,18H,9-12H2,1-4H3. The summed E-state index contributed by atoms with van der Waals surface area (Å²) in [6, 6.07) is 5.75. The lowest BCUT2D eigenvalue weighted by Crippen LogP contribution is -2.34. The van der Waals surface area contributed by atoms with Gasteiger partial charge in [-0.15, -0.1) is 0 Å². The molecule has 4 nitrogen and oxygen atoms in total. The Balaban J connectivity index is 2.95. The van der Waals surface area contributed by atoms with Crippen LogP contribution in [0.5, 0.6) is 5.75 Å². The van der Waals surface area contributed by atoms with E-state index < -0.39 is 10.0 Å². The molecule has 0 aromatic heterocycles. The van der Waals surface area contributed by atoms with Gasteiger partial charge in [0.15, 0.2) is 0 Å². The molecule has 0 aliphatic carbocycles. The van der Waals surface area contributed by atoms with E-state index in [1.54, 1.807) is 4.31 Å². The van der Waals surface area contributed by atoms with Gasteiger partial charge < -0.3 is 5.11 Å². The quantitative estimate of drug-likeness (QED) is 0.799. The predicted octanol–water partition coefficient (Wildman–Crippen LogP) is 3.48. The lowest BCUT2D eigenvalue weighted by atomic mass is 10.1. The van der Waals surface area contributed by atoms with Crippen LogP contribution in [0.25, 0.3) is 0 Å². The van der Waals surface area contributed by atoms with E-state index in [2.05, 4.69) is 27.7 Å². The molecule has 0 aliphatic heterocycles. The highest BCUT2D eigenvalue weighted by molar-refractivity contribution is 7.89. The fourth-order valence-corrected chi connectivity index (χ4v) is 3.39. The van der Waals surface area contributed by atoms with Crippen LogP contribution in [0.2, 0.25) is 0 Å². The van der Waals surface area contributed by atoms with Crippen molar-refractivity contribution in [1.82, 2.24) is 4.31 Å². The first-order chi connectivity index (χ1) is 9.73. The molecular weight excluding hydrogens is 286 g/mol. The van der Waals surface area contributed by atoms with Crippen LogP contribution in [0.4, 0.5) is 0 Å². The van der Waals surface area contributed by atoms with E-state index in [1.807, 2.05) is 0 Å². The minimum Gasteiger partial charge on any atom is -0.508 e. The number of phenols is 1. The van der Waals surface area contributed by atoms with Crippen molar-refractivity contribution in [3.05, 3.63) is 24.3 Å². The van der Waals surface area contributed by atoms with E-state index >= 15 is 0 Å². The van der Waals surface area contributed by atoms with Crippen molar-refractivity contribution in [2.75, 3.05) is 13.1 Å². The summed E-state index contributed by atoms with van der Waals surface area (Å²) in [7, 11) is -3.49. The summed E-state index contributed by atoms with van der Waals surface area (Å²) in [5, 5.41) is 9.30. The average Bonchev–Trinajstić information content (AvgIpc) is 2.38. The Bertz CT molecular complexity index is 509. The monoisotopic (exact) mass is 313 g/mol. The van der Waals surface area contributed by atoms with Crippen molar-refractivity contribution in [1.29, 1.82) is 0 Å². The van der Waals surface area contributed by atoms with E-state index in [9.17, 15) is 13.5 Å². The molecule has 0 unspecified atom stereocenters. The highest BCUT2D eigenvalue weighted by Crippen LogP contribution is 2.20. The van der Waals surface area contributed by atoms with Gasteiger partial charge in [-0.25, -0.2) is 8.42 Å². The Morgan fingerprint density at radius 2 is 1.38 bits per heavy atom. The van der Waals surface area contributed by atoms with E-state index in [0.717, 1.165) is 12.8 Å². The number of hydrogen-bond donors (Lipinski definition) is 1. The Labute approximate surface area is 128 Å². The van der Waals surface area contributed by atoms with Crippen LogP contribution in [-0.4, -0.2) is 30.9 Å². The zero-order chi connectivity index (χ0) is 16.0. The summed E-state index contributed by atoms with van der Waals surface area (Å²) in [5.74, 6) is 0.994. The van der Waals surface area contributed by atoms with Crippen LogP contribution >= 0.6 is 0 Å². The Kier molecular flexibility index (Phi) is 6.68. The molecule has 1 N–H and O–H groups in total. The zero-order valence-corrected chi connectivity index (χ0v) is 14.2. The van der Waals surface area contributed by atoms with E-state index in [1.165, 1.54) is 24.3 Å². The van der Waals surface area contributed by atoms with Gasteiger partial charge in [-0.1, -0.05) is 27.7 Å². The zero-order valence-electron chi connectivity index (χ0n) is 13.4. The highest BCUT2D eigenvalue weighted by Gasteiger charge is 2.24. The third kappa shape index (κ3) is 5.67. The Morgan fingerprint density at radius 3 is 1.76 bits per heavy atom. The van der Waals surface area contributed by atoms with Gasteiger partial charge >= 0.3 is 0 Å². The first kappa shape index (κ1) is 18.0. The lowest BCUT2D eigenvalue weighted by molar-refractivity contribution is 0.357. The lowest BCUT2D eigenvalue weighted by Gasteiger charge is -2.24. The van der Waals surface area contributed by atoms with Gasteiger partial charge in [0.1, 0.15) is 5.75 Å². The third-order valence-corrected chi connectivity index (χ3v) is 5.30. The van der Waals surface area contributed by atoms with Gasteiger partial charge in [0.25, 0.3) is 0 Å². The number of nitrogens with zero attached hydrogens (tertiary/aromatic N) is 1. The van der Waals surface area contributed by atoms with Crippen LogP contribution in [0.1, 0.15) is 40.5 Å². The van der Waals surface area contributed by atoms with Crippen LogP contribution in [0, 0.1) is 11.8 Å². The molecule has 1 aromatic carbocycles. The fourth-order valence-electron chi connectivity index (χ4n) is 1.92. The van der Waals surface area contributed by atoms with Crippen molar-refractivity contribution in [2.24, 2.45) is 11.8 Å². The maximum absolute atomic E-state index is 12.7. The second kappa shape index (κ2) is 7.80. The smallest absolute Gasteiger partial charge is 0.243 e. The van der Waals surface area contributed by atoms with Crippen LogP contribution < -0.4 is 0 Å². The highest BCUT2D eigenvalue weighted by atomic mass is 32.2. The molecule has 0 spiro atoms. The number of hydrogen-bond acceptors (Lipinski definition) is 3. The summed E-state index contributed by atoms with van der Waals surface area (Å²) in [6.45, 7) is 9.43. The SMILES string of the molecule is CC(C)CCN(CCC(C)C)S(=O)(=O)c1ccc(O)cc1. The summed E-state index contributed by atoms with van der Waals surface area (Å²) in [5.41, 5.74) is 0. The van der Waals surface area contributed by atoms with Crippen molar-refractivity contribution in [2.45, 2.75) is 45.4 Å². The number of sulfonamides is 1. The van der Waals surface area contributed by atoms with E-state index in [4.69, 9.17) is 0 Å². The molecule has 0 saturated carbocycles. The molecule has 0 amide bonds. The average molecular weight is 313 g/mol. The van der Waals surface area contributed by atoms with Crippen molar-refractivity contribution in [3.63, 3.8) is 0 Å². The Morgan fingerprint density at radius 1 is 0.952 bits per heavy atom. The molecule has 21 heavy (non-hydrogen) atoms. The normalized spacial score (nSPS) is 12.5. The molecule has 1 rings (SSSR count). The summed E-state index contributed by atoms with van der Waals surface area (Å²) in [4.78, 5) is 0.243. The van der Waals surface area contributed by atoms with E-state index in [0.29, 0.717) is 24.9 Å². The van der Waals surface area contributed by atoms with Gasteiger partial charge in [0.2, 0.25) is 10.0 Å². The number of aromatic hydroxyl groups is 1. The van der Waals surface area contributed by atoms with Gasteiger partial charge in [-0.3, -0.25) is 0 Å². The summed E-state index contributed by atoms with van der Waals surface area (Å²) < 4.78 is 27.0. The molecule has 0 bridgehead atoms. The molecule has 120 valence electrons. The number of rotatable bonds is 8. The number of phenolic OH excluding ortho intramolecular Hbond substituents is 1. The first-order valence-corrected chi connectivity index (χ1v) is 8.96. The Hall–Kier alpha value is -1.07. The van der Waals surface area contributed by atoms with Gasteiger partial charge in [0.05, 0.1) is 4.90 Å². The van der Waals surface area contributed by atoms with Crippen molar-refractivity contribution >= 4 is 10.0 Å². The minimum atomic E-state index is -3.49. The molecule has 0 radical (unpaired) electrons. The van der Waals surface area contributed by atoms with Crippen LogP contribution in [-0.2, 0) is 10.0 Å². The molecule has 0 atom stereocenters. The fraction of sp³-hybridized carbons (Fsp3) is 0.625. The van der Waals surface area contributed by atoms with Gasteiger partial charge in [0, 0.05) is 13.1 Å². The minimum absolute atomic E-state index is 0.0739. The maximum atomic E-state index is 12.7. The van der Waals surface area contributed by atoms with Crippen molar-refractivity contribution in [3.8, 4) is 5.75 Å². The molecule has 1 aromatic rings.